The third-order valence-corrected chi connectivity index (χ3v) is 7.88. The molecule has 4 N–H and O–H groups in total. The van der Waals surface area contributed by atoms with Crippen molar-refractivity contribution in [2.24, 2.45) is 11.7 Å². The third kappa shape index (κ3) is 4.84. The van der Waals surface area contributed by atoms with Crippen LogP contribution in [0, 0.1) is 25.6 Å². The number of benzene rings is 1. The summed E-state index contributed by atoms with van der Waals surface area (Å²) >= 11 is 6.25. The molecule has 0 unspecified atom stereocenters. The van der Waals surface area contributed by atoms with E-state index in [0.29, 0.717) is 65.4 Å². The normalized spacial score (nSPS) is 21.0. The van der Waals surface area contributed by atoms with E-state index in [-0.39, 0.29) is 23.9 Å². The molecule has 192 valence electrons. The number of nitrogens with zero attached hydrogens (tertiary/aromatic N) is 4. The van der Waals surface area contributed by atoms with Crippen LogP contribution in [0.25, 0.3) is 11.2 Å². The number of hydrogen-bond donors (Lipinski definition) is 3. The number of nitrogens with one attached hydrogen (secondary N) is 2. The van der Waals surface area contributed by atoms with E-state index in [1.807, 2.05) is 11.5 Å². The van der Waals surface area contributed by atoms with Crippen LogP contribution in [0.2, 0.25) is 5.02 Å². The number of nitrogens with two attached hydrogens (primary N) is 1. The molecule has 36 heavy (non-hydrogen) atoms. The van der Waals surface area contributed by atoms with Crippen molar-refractivity contribution in [1.29, 1.82) is 0 Å². The standard InChI is InChI=1S/C25H31ClFN7O2/c1-13-11-18(21(27)14(2)20(13)26)31-25-32-19-12-29-24(30-16-7-9-36-10-8-16)33-23(19)34(25)17-5-3-15(4-6-17)22(28)35/h11-12,15-17H,3-10H2,1-2H3,(H2,28,35)(H,31,32)(H,29,30,33). The molecule has 11 heteroatoms. The van der Waals surface area contributed by atoms with Gasteiger partial charge in [0.2, 0.25) is 17.8 Å². The Kier molecular flexibility index (Phi) is 6.98. The highest BCUT2D eigenvalue weighted by Gasteiger charge is 2.29. The van der Waals surface area contributed by atoms with Crippen molar-refractivity contribution in [2.45, 2.75) is 64.5 Å². The molecule has 0 bridgehead atoms. The zero-order chi connectivity index (χ0) is 25.4. The molecule has 0 spiro atoms. The quantitative estimate of drug-likeness (QED) is 0.431. The summed E-state index contributed by atoms with van der Waals surface area (Å²) in [5.41, 5.74) is 8.27. The van der Waals surface area contributed by atoms with Gasteiger partial charge in [0, 0.05) is 41.8 Å². The molecule has 0 radical (unpaired) electrons. The van der Waals surface area contributed by atoms with Crippen molar-refractivity contribution in [3.8, 4) is 0 Å². The monoisotopic (exact) mass is 515 g/mol. The number of hydrogen-bond acceptors (Lipinski definition) is 7. The predicted octanol–water partition coefficient (Wildman–Crippen LogP) is 4.79. The van der Waals surface area contributed by atoms with Crippen molar-refractivity contribution in [1.82, 2.24) is 19.5 Å². The van der Waals surface area contributed by atoms with E-state index in [4.69, 9.17) is 32.0 Å². The maximum absolute atomic E-state index is 15.1. The van der Waals surface area contributed by atoms with Gasteiger partial charge in [-0.2, -0.15) is 4.98 Å². The Morgan fingerprint density at radius 3 is 2.58 bits per heavy atom. The maximum atomic E-state index is 15.1. The molecule has 5 rings (SSSR count). The second kappa shape index (κ2) is 10.2. The lowest BCUT2D eigenvalue weighted by molar-refractivity contribution is -0.122. The van der Waals surface area contributed by atoms with Crippen molar-refractivity contribution < 1.29 is 13.9 Å². The van der Waals surface area contributed by atoms with Crippen molar-refractivity contribution in [2.75, 3.05) is 23.8 Å². The Balaban J connectivity index is 1.53. The number of imidazole rings is 1. The van der Waals surface area contributed by atoms with Crippen molar-refractivity contribution >= 4 is 46.3 Å². The first-order chi connectivity index (χ1) is 17.3. The fourth-order valence-electron chi connectivity index (χ4n) is 5.19. The van der Waals surface area contributed by atoms with Gasteiger partial charge >= 0.3 is 0 Å². The highest BCUT2D eigenvalue weighted by Crippen LogP contribution is 2.38. The fourth-order valence-corrected chi connectivity index (χ4v) is 5.32. The zero-order valence-corrected chi connectivity index (χ0v) is 21.2. The zero-order valence-electron chi connectivity index (χ0n) is 20.5. The minimum absolute atomic E-state index is 0.0245. The van der Waals surface area contributed by atoms with E-state index >= 15 is 4.39 Å². The summed E-state index contributed by atoms with van der Waals surface area (Å²) in [6.07, 6.45) is 6.31. The van der Waals surface area contributed by atoms with Crippen LogP contribution in [-0.2, 0) is 9.53 Å². The number of rotatable bonds is 6. The van der Waals surface area contributed by atoms with Crippen LogP contribution < -0.4 is 16.4 Å². The first-order valence-electron chi connectivity index (χ1n) is 12.4. The minimum Gasteiger partial charge on any atom is -0.381 e. The van der Waals surface area contributed by atoms with Gasteiger partial charge in [0.25, 0.3) is 0 Å². The molecule has 1 saturated carbocycles. The summed E-state index contributed by atoms with van der Waals surface area (Å²) in [5.74, 6) is 0.186. The van der Waals surface area contributed by atoms with Crippen LogP contribution in [0.15, 0.2) is 12.3 Å². The average Bonchev–Trinajstić information content (AvgIpc) is 3.23. The average molecular weight is 516 g/mol. The molecular formula is C25H31ClFN7O2. The van der Waals surface area contributed by atoms with Gasteiger partial charge in [-0.25, -0.2) is 14.4 Å². The lowest BCUT2D eigenvalue weighted by Crippen LogP contribution is -2.29. The lowest BCUT2D eigenvalue weighted by Gasteiger charge is -2.29. The molecule has 2 aromatic heterocycles. The number of halogens is 2. The van der Waals surface area contributed by atoms with E-state index in [0.717, 1.165) is 31.2 Å². The SMILES string of the molecule is Cc1cc(Nc2nc3cnc(NC4CCOCC4)nc3n2C2CCC(C(N)=O)CC2)c(F)c(C)c1Cl. The maximum Gasteiger partial charge on any atom is 0.224 e. The Bertz CT molecular complexity index is 1280. The number of anilines is 3. The second-order valence-electron chi connectivity index (χ2n) is 9.77. The van der Waals surface area contributed by atoms with Crippen LogP contribution in [-0.4, -0.2) is 44.7 Å². The van der Waals surface area contributed by atoms with Gasteiger partial charge in [-0.05, 0) is 64.0 Å². The molecule has 1 aromatic carbocycles. The Hall–Kier alpha value is -2.98. The molecule has 9 nitrogen and oxygen atoms in total. The molecule has 1 amide bonds. The molecule has 3 heterocycles. The van der Waals surface area contributed by atoms with Gasteiger partial charge in [-0.15, -0.1) is 0 Å². The topological polar surface area (TPSA) is 120 Å². The highest BCUT2D eigenvalue weighted by molar-refractivity contribution is 6.32. The lowest BCUT2D eigenvalue weighted by atomic mass is 9.85. The number of aryl methyl sites for hydroxylation is 1. The van der Waals surface area contributed by atoms with Crippen LogP contribution >= 0.6 is 11.6 Å². The van der Waals surface area contributed by atoms with Crippen LogP contribution in [0.3, 0.4) is 0 Å². The summed E-state index contributed by atoms with van der Waals surface area (Å²) in [7, 11) is 0. The molecule has 1 aliphatic carbocycles. The third-order valence-electron chi connectivity index (χ3n) is 7.30. The van der Waals surface area contributed by atoms with Crippen LogP contribution in [0.1, 0.15) is 55.7 Å². The number of carbonyl (C=O) groups excluding carboxylic acids is 1. The van der Waals surface area contributed by atoms with Gasteiger partial charge in [0.05, 0.1) is 11.9 Å². The fraction of sp³-hybridized carbons (Fsp3) is 0.520. The first kappa shape index (κ1) is 24.7. The minimum atomic E-state index is -0.422. The van der Waals surface area contributed by atoms with Crippen LogP contribution in [0.4, 0.5) is 22.0 Å². The number of primary amides is 1. The number of aromatic nitrogens is 4. The highest BCUT2D eigenvalue weighted by atomic mass is 35.5. The van der Waals surface area contributed by atoms with E-state index in [1.54, 1.807) is 19.2 Å². The molecule has 1 saturated heterocycles. The van der Waals surface area contributed by atoms with Crippen molar-refractivity contribution in [3.05, 3.63) is 34.2 Å². The van der Waals surface area contributed by atoms with E-state index in [9.17, 15) is 4.79 Å². The first-order valence-corrected chi connectivity index (χ1v) is 12.8. The second-order valence-corrected chi connectivity index (χ2v) is 10.1. The Morgan fingerprint density at radius 2 is 1.89 bits per heavy atom. The van der Waals surface area contributed by atoms with Crippen molar-refractivity contribution in [3.63, 3.8) is 0 Å². The molecule has 0 atom stereocenters. The molecular weight excluding hydrogens is 485 g/mol. The summed E-state index contributed by atoms with van der Waals surface area (Å²) in [6.45, 7) is 4.92. The van der Waals surface area contributed by atoms with Gasteiger partial charge in [0.15, 0.2) is 11.5 Å². The predicted molar refractivity (Wildman–Crippen MR) is 137 cm³/mol. The van der Waals surface area contributed by atoms with Gasteiger partial charge in [-0.1, -0.05) is 11.6 Å². The molecule has 2 fully saturated rings. The summed E-state index contributed by atoms with van der Waals surface area (Å²) in [5, 5.41) is 7.02. The summed E-state index contributed by atoms with van der Waals surface area (Å²) < 4.78 is 22.6. The number of carbonyl (C=O) groups is 1. The summed E-state index contributed by atoms with van der Waals surface area (Å²) in [6, 6.07) is 1.95. The van der Waals surface area contributed by atoms with E-state index < -0.39 is 5.82 Å². The summed E-state index contributed by atoms with van der Waals surface area (Å²) in [4.78, 5) is 25.8. The van der Waals surface area contributed by atoms with Gasteiger partial charge in [0.1, 0.15) is 5.52 Å². The van der Waals surface area contributed by atoms with E-state index in [1.165, 1.54) is 0 Å². The van der Waals surface area contributed by atoms with E-state index in [2.05, 4.69) is 15.6 Å². The smallest absolute Gasteiger partial charge is 0.224 e. The van der Waals surface area contributed by atoms with Gasteiger partial charge < -0.3 is 21.1 Å². The van der Waals surface area contributed by atoms with Crippen LogP contribution in [0.5, 0.6) is 0 Å². The molecule has 1 aliphatic heterocycles. The molecule has 3 aromatic rings. The number of ether oxygens (including phenoxy) is 1. The molecule has 2 aliphatic rings. The largest absolute Gasteiger partial charge is 0.381 e. The Morgan fingerprint density at radius 1 is 1.17 bits per heavy atom. The van der Waals surface area contributed by atoms with Gasteiger partial charge in [-0.3, -0.25) is 9.36 Å². The Labute approximate surface area is 214 Å². The number of fused-ring (bicyclic) bond motifs is 1. The number of amides is 1.